The van der Waals surface area contributed by atoms with Gasteiger partial charge in [0, 0.05) is 5.56 Å². The van der Waals surface area contributed by atoms with E-state index in [0.29, 0.717) is 22.9 Å². The topological polar surface area (TPSA) is 70.9 Å². The van der Waals surface area contributed by atoms with E-state index in [1.54, 1.807) is 20.3 Å². The Morgan fingerprint density at radius 1 is 1.21 bits per heavy atom. The molecule has 0 saturated carbocycles. The Hall–Kier alpha value is -3.26. The highest BCUT2D eigenvalue weighted by Gasteiger charge is 2.12. The zero-order valence-electron chi connectivity index (χ0n) is 13.8. The molecule has 0 spiro atoms. The normalized spacial score (nSPS) is 11.3. The molecule has 0 amide bonds. The van der Waals surface area contributed by atoms with E-state index in [9.17, 15) is 5.26 Å². The van der Waals surface area contributed by atoms with Gasteiger partial charge in [-0.1, -0.05) is 18.2 Å². The lowest BCUT2D eigenvalue weighted by Crippen LogP contribution is -1.93. The van der Waals surface area contributed by atoms with Crippen molar-refractivity contribution in [3.05, 3.63) is 53.3 Å². The molecule has 1 heterocycles. The number of nitriles is 1. The first-order chi connectivity index (χ1) is 11.7. The number of nitrogens with zero attached hydrogens (tertiary/aromatic N) is 2. The summed E-state index contributed by atoms with van der Waals surface area (Å²) >= 11 is 0. The average molecular weight is 319 g/mol. The minimum atomic E-state index is 0.426. The van der Waals surface area contributed by atoms with Crippen LogP contribution in [0.25, 0.3) is 22.7 Å². The highest BCUT2D eigenvalue weighted by atomic mass is 16.5. The maximum atomic E-state index is 9.56. The Labute approximate surface area is 140 Å². The zero-order chi connectivity index (χ0) is 17.1. The molecule has 0 unspecified atom stereocenters. The SMILES string of the molecule is COc1cccc(/C=C(\C#N)c2nc3ccc(C)cc3[nH]2)c1OC. The van der Waals surface area contributed by atoms with Gasteiger partial charge in [0.05, 0.1) is 30.8 Å². The summed E-state index contributed by atoms with van der Waals surface area (Å²) in [7, 11) is 3.16. The van der Waals surface area contributed by atoms with Crippen LogP contribution in [-0.2, 0) is 0 Å². The summed E-state index contributed by atoms with van der Waals surface area (Å²) < 4.78 is 10.7. The highest BCUT2D eigenvalue weighted by molar-refractivity contribution is 5.91. The second-order valence-electron chi connectivity index (χ2n) is 5.36. The second-order valence-corrected chi connectivity index (χ2v) is 5.36. The number of allylic oxidation sites excluding steroid dienone is 1. The summed E-state index contributed by atoms with van der Waals surface area (Å²) in [6, 6.07) is 13.7. The number of fused-ring (bicyclic) bond motifs is 1. The van der Waals surface area contributed by atoms with Crippen LogP contribution in [0.5, 0.6) is 11.5 Å². The summed E-state index contributed by atoms with van der Waals surface area (Å²) in [4.78, 5) is 7.70. The summed E-state index contributed by atoms with van der Waals surface area (Å²) in [6.45, 7) is 2.02. The number of H-pyrrole nitrogens is 1. The van der Waals surface area contributed by atoms with Gasteiger partial charge in [-0.25, -0.2) is 4.98 Å². The quantitative estimate of drug-likeness (QED) is 0.739. The molecule has 3 rings (SSSR count). The van der Waals surface area contributed by atoms with Gasteiger partial charge in [-0.15, -0.1) is 0 Å². The molecule has 1 aromatic heterocycles. The largest absolute Gasteiger partial charge is 0.493 e. The molecule has 5 nitrogen and oxygen atoms in total. The van der Waals surface area contributed by atoms with Crippen LogP contribution in [-0.4, -0.2) is 24.2 Å². The minimum Gasteiger partial charge on any atom is -0.493 e. The van der Waals surface area contributed by atoms with Gasteiger partial charge in [-0.2, -0.15) is 5.26 Å². The first-order valence-corrected chi connectivity index (χ1v) is 7.45. The minimum absolute atomic E-state index is 0.426. The van der Waals surface area contributed by atoms with E-state index in [2.05, 4.69) is 16.0 Å². The first-order valence-electron chi connectivity index (χ1n) is 7.45. The highest BCUT2D eigenvalue weighted by Crippen LogP contribution is 2.33. The fourth-order valence-corrected chi connectivity index (χ4v) is 2.59. The molecule has 0 saturated heterocycles. The molecule has 3 aromatic rings. The van der Waals surface area contributed by atoms with Crippen molar-refractivity contribution in [2.24, 2.45) is 0 Å². The Bertz CT molecular complexity index is 964. The number of nitrogens with one attached hydrogen (secondary N) is 1. The third-order valence-corrected chi connectivity index (χ3v) is 3.75. The van der Waals surface area contributed by atoms with Gasteiger partial charge in [0.25, 0.3) is 0 Å². The van der Waals surface area contributed by atoms with Gasteiger partial charge < -0.3 is 14.5 Å². The van der Waals surface area contributed by atoms with Gasteiger partial charge in [0.2, 0.25) is 0 Å². The van der Waals surface area contributed by atoms with Crippen molar-refractivity contribution in [2.45, 2.75) is 6.92 Å². The maximum Gasteiger partial charge on any atom is 0.167 e. The van der Waals surface area contributed by atoms with Gasteiger partial charge in [-0.05, 0) is 36.8 Å². The number of imidazole rings is 1. The number of aryl methyl sites for hydroxylation is 1. The molecule has 24 heavy (non-hydrogen) atoms. The fourth-order valence-electron chi connectivity index (χ4n) is 2.59. The molecule has 0 bridgehead atoms. The van der Waals surface area contributed by atoms with Crippen molar-refractivity contribution in [1.29, 1.82) is 5.26 Å². The zero-order valence-corrected chi connectivity index (χ0v) is 13.8. The number of aromatic nitrogens is 2. The number of hydrogen-bond acceptors (Lipinski definition) is 4. The van der Waals surface area contributed by atoms with E-state index in [-0.39, 0.29) is 0 Å². The second kappa shape index (κ2) is 6.47. The van der Waals surface area contributed by atoms with Crippen LogP contribution in [0.3, 0.4) is 0 Å². The van der Waals surface area contributed by atoms with Crippen LogP contribution in [0.2, 0.25) is 0 Å². The van der Waals surface area contributed by atoms with Crippen LogP contribution < -0.4 is 9.47 Å². The van der Waals surface area contributed by atoms with Crippen molar-refractivity contribution in [2.75, 3.05) is 14.2 Å². The molecule has 0 aliphatic carbocycles. The van der Waals surface area contributed by atoms with Crippen LogP contribution in [0.1, 0.15) is 17.0 Å². The molecule has 0 fully saturated rings. The number of aromatic amines is 1. The summed E-state index contributed by atoms with van der Waals surface area (Å²) in [6.07, 6.45) is 1.74. The summed E-state index contributed by atoms with van der Waals surface area (Å²) in [5.41, 5.74) is 4.05. The Morgan fingerprint density at radius 3 is 2.75 bits per heavy atom. The van der Waals surface area contributed by atoms with Crippen molar-refractivity contribution >= 4 is 22.7 Å². The third-order valence-electron chi connectivity index (χ3n) is 3.75. The predicted octanol–water partition coefficient (Wildman–Crippen LogP) is 3.95. The monoisotopic (exact) mass is 319 g/mol. The number of methoxy groups -OCH3 is 2. The molecule has 0 aliphatic rings. The molecule has 1 N–H and O–H groups in total. The Kier molecular flexibility index (Phi) is 4.21. The van der Waals surface area contributed by atoms with E-state index in [1.807, 2.05) is 43.3 Å². The van der Waals surface area contributed by atoms with Crippen molar-refractivity contribution < 1.29 is 9.47 Å². The maximum absolute atomic E-state index is 9.56. The lowest BCUT2D eigenvalue weighted by molar-refractivity contribution is 0.354. The third kappa shape index (κ3) is 2.82. The van der Waals surface area contributed by atoms with Crippen molar-refractivity contribution in [3.63, 3.8) is 0 Å². The lowest BCUT2D eigenvalue weighted by Gasteiger charge is -2.10. The number of rotatable bonds is 4. The van der Waals surface area contributed by atoms with E-state index >= 15 is 0 Å². The predicted molar refractivity (Wildman–Crippen MR) is 93.9 cm³/mol. The van der Waals surface area contributed by atoms with Gasteiger partial charge >= 0.3 is 0 Å². The standard InChI is InChI=1S/C19H17N3O2/c1-12-7-8-15-16(9-12)22-19(21-15)14(11-20)10-13-5-4-6-17(23-2)18(13)24-3/h4-10H,1-3H3,(H,21,22)/b14-10+. The number of benzene rings is 2. The molecule has 120 valence electrons. The molecule has 2 aromatic carbocycles. The smallest absolute Gasteiger partial charge is 0.167 e. The van der Waals surface area contributed by atoms with Crippen LogP contribution in [0, 0.1) is 18.3 Å². The number of hydrogen-bond donors (Lipinski definition) is 1. The van der Waals surface area contributed by atoms with Crippen LogP contribution in [0.15, 0.2) is 36.4 Å². The number of para-hydroxylation sites is 1. The molecule has 0 atom stereocenters. The molecule has 0 aliphatic heterocycles. The molecule has 0 radical (unpaired) electrons. The Morgan fingerprint density at radius 2 is 2.04 bits per heavy atom. The van der Waals surface area contributed by atoms with Crippen molar-refractivity contribution in [1.82, 2.24) is 9.97 Å². The molecular formula is C19H17N3O2. The van der Waals surface area contributed by atoms with Crippen LogP contribution in [0.4, 0.5) is 0 Å². The first kappa shape index (κ1) is 15.6. The van der Waals surface area contributed by atoms with E-state index in [0.717, 1.165) is 22.2 Å². The number of ether oxygens (including phenoxy) is 2. The van der Waals surface area contributed by atoms with Crippen molar-refractivity contribution in [3.8, 4) is 17.6 Å². The fraction of sp³-hybridized carbons (Fsp3) is 0.158. The van der Waals surface area contributed by atoms with Gasteiger partial charge in [0.1, 0.15) is 11.9 Å². The Balaban J connectivity index is 2.11. The average Bonchev–Trinajstić information content (AvgIpc) is 3.01. The summed E-state index contributed by atoms with van der Waals surface area (Å²) in [5.74, 6) is 1.73. The van der Waals surface area contributed by atoms with E-state index in [1.165, 1.54) is 0 Å². The van der Waals surface area contributed by atoms with Gasteiger partial charge in [0.15, 0.2) is 11.5 Å². The molecule has 5 heteroatoms. The summed E-state index contributed by atoms with van der Waals surface area (Å²) in [5, 5.41) is 9.56. The van der Waals surface area contributed by atoms with E-state index < -0.39 is 0 Å². The lowest BCUT2D eigenvalue weighted by atomic mass is 10.1. The van der Waals surface area contributed by atoms with Crippen LogP contribution >= 0.6 is 0 Å². The van der Waals surface area contributed by atoms with Gasteiger partial charge in [-0.3, -0.25) is 0 Å². The van der Waals surface area contributed by atoms with E-state index in [4.69, 9.17) is 9.47 Å². The molecular weight excluding hydrogens is 302 g/mol.